The van der Waals surface area contributed by atoms with E-state index < -0.39 is 0 Å². The van der Waals surface area contributed by atoms with Gasteiger partial charge in [-0.2, -0.15) is 0 Å². The van der Waals surface area contributed by atoms with Gasteiger partial charge in [-0.25, -0.2) is 9.78 Å². The van der Waals surface area contributed by atoms with Crippen LogP contribution in [0.1, 0.15) is 42.6 Å². The standard InChI is InChI=1S/C18H23N3OS/c1-13(17-11-23-12-20-17)21-18(22)19-10-14-6-8-15-4-2-3-5-16(15)9-7-14/h2-5,11-14H,6-10H2,1H3,(H2,19,21,22). The number of urea groups is 1. The Bertz CT molecular complexity index is 614. The molecule has 2 amide bonds. The van der Waals surface area contributed by atoms with Crippen LogP contribution >= 0.6 is 11.3 Å². The van der Waals surface area contributed by atoms with Crippen LogP contribution in [-0.2, 0) is 12.8 Å². The molecule has 1 unspecified atom stereocenters. The van der Waals surface area contributed by atoms with Crippen molar-refractivity contribution in [3.05, 3.63) is 52.0 Å². The first-order valence-corrected chi connectivity index (χ1v) is 9.16. The molecule has 5 heteroatoms. The first-order chi connectivity index (χ1) is 11.2. The lowest BCUT2D eigenvalue weighted by Gasteiger charge is -2.17. The molecule has 1 atom stereocenters. The quantitative estimate of drug-likeness (QED) is 0.840. The second kappa shape index (κ2) is 7.59. The van der Waals surface area contributed by atoms with Gasteiger partial charge in [-0.05, 0) is 49.7 Å². The molecule has 1 aromatic carbocycles. The summed E-state index contributed by atoms with van der Waals surface area (Å²) < 4.78 is 0. The third-order valence-corrected chi connectivity index (χ3v) is 5.16. The number of fused-ring (bicyclic) bond motifs is 1. The van der Waals surface area contributed by atoms with E-state index in [1.165, 1.54) is 11.1 Å². The van der Waals surface area contributed by atoms with Crippen molar-refractivity contribution < 1.29 is 4.79 Å². The van der Waals surface area contributed by atoms with Crippen LogP contribution in [0.4, 0.5) is 4.79 Å². The zero-order chi connectivity index (χ0) is 16.1. The Labute approximate surface area is 141 Å². The lowest BCUT2D eigenvalue weighted by molar-refractivity contribution is 0.235. The Morgan fingerprint density at radius 3 is 2.61 bits per heavy atom. The fourth-order valence-corrected chi connectivity index (χ4v) is 3.76. The molecule has 2 aromatic rings. The van der Waals surface area contributed by atoms with Gasteiger partial charge in [0.1, 0.15) is 0 Å². The Hall–Kier alpha value is -1.88. The summed E-state index contributed by atoms with van der Waals surface area (Å²) in [6, 6.07) is 8.53. The maximum atomic E-state index is 12.0. The lowest BCUT2D eigenvalue weighted by atomic mass is 10.00. The van der Waals surface area contributed by atoms with Gasteiger partial charge in [0.15, 0.2) is 0 Å². The number of thiazole rings is 1. The molecule has 1 aromatic heterocycles. The van der Waals surface area contributed by atoms with E-state index in [1.807, 2.05) is 12.3 Å². The lowest BCUT2D eigenvalue weighted by Crippen LogP contribution is -2.39. The smallest absolute Gasteiger partial charge is 0.315 e. The molecule has 0 saturated carbocycles. The molecule has 0 radical (unpaired) electrons. The van der Waals surface area contributed by atoms with Crippen LogP contribution in [0.5, 0.6) is 0 Å². The predicted molar refractivity (Wildman–Crippen MR) is 93.6 cm³/mol. The van der Waals surface area contributed by atoms with Gasteiger partial charge < -0.3 is 10.6 Å². The van der Waals surface area contributed by atoms with Crippen LogP contribution < -0.4 is 10.6 Å². The highest BCUT2D eigenvalue weighted by Crippen LogP contribution is 2.24. The van der Waals surface area contributed by atoms with Crippen molar-refractivity contribution in [2.24, 2.45) is 5.92 Å². The van der Waals surface area contributed by atoms with Crippen LogP contribution in [0.3, 0.4) is 0 Å². The van der Waals surface area contributed by atoms with E-state index in [4.69, 9.17) is 0 Å². The van der Waals surface area contributed by atoms with E-state index in [2.05, 4.69) is 39.9 Å². The van der Waals surface area contributed by atoms with Crippen molar-refractivity contribution in [3.63, 3.8) is 0 Å². The maximum absolute atomic E-state index is 12.0. The highest BCUT2D eigenvalue weighted by Gasteiger charge is 2.17. The number of hydrogen-bond acceptors (Lipinski definition) is 3. The number of nitrogens with one attached hydrogen (secondary N) is 2. The van der Waals surface area contributed by atoms with Crippen molar-refractivity contribution in [1.29, 1.82) is 0 Å². The normalized spacial score (nSPS) is 16.2. The molecule has 0 fully saturated rings. The summed E-state index contributed by atoms with van der Waals surface area (Å²) in [7, 11) is 0. The summed E-state index contributed by atoms with van der Waals surface area (Å²) in [5, 5.41) is 7.94. The first-order valence-electron chi connectivity index (χ1n) is 8.21. The summed E-state index contributed by atoms with van der Waals surface area (Å²) in [5.74, 6) is 0.544. The SMILES string of the molecule is CC(NC(=O)NCC1CCc2ccccc2CC1)c1cscn1. The molecule has 1 aliphatic carbocycles. The molecule has 23 heavy (non-hydrogen) atoms. The molecule has 2 N–H and O–H groups in total. The summed E-state index contributed by atoms with van der Waals surface area (Å²) in [6.07, 6.45) is 4.50. The fraction of sp³-hybridized carbons (Fsp3) is 0.444. The molecule has 4 nitrogen and oxygen atoms in total. The van der Waals surface area contributed by atoms with Crippen LogP contribution in [0.2, 0.25) is 0 Å². The van der Waals surface area contributed by atoms with Crippen molar-refractivity contribution >= 4 is 17.4 Å². The third-order valence-electron chi connectivity index (χ3n) is 4.56. The summed E-state index contributed by atoms with van der Waals surface area (Å²) in [4.78, 5) is 16.3. The molecule has 0 saturated heterocycles. The summed E-state index contributed by atoms with van der Waals surface area (Å²) >= 11 is 1.54. The van der Waals surface area contributed by atoms with Crippen LogP contribution in [0, 0.1) is 5.92 Å². The van der Waals surface area contributed by atoms with Gasteiger partial charge in [0.25, 0.3) is 0 Å². The van der Waals surface area contributed by atoms with Gasteiger partial charge in [-0.3, -0.25) is 0 Å². The molecule has 0 aliphatic heterocycles. The minimum atomic E-state index is -0.104. The van der Waals surface area contributed by atoms with Crippen molar-refractivity contribution in [1.82, 2.24) is 15.6 Å². The molecular weight excluding hydrogens is 306 g/mol. The van der Waals surface area contributed by atoms with Crippen molar-refractivity contribution in [3.8, 4) is 0 Å². The van der Waals surface area contributed by atoms with Crippen LogP contribution in [0.25, 0.3) is 0 Å². The van der Waals surface area contributed by atoms with Gasteiger partial charge in [-0.1, -0.05) is 24.3 Å². The second-order valence-electron chi connectivity index (χ2n) is 6.20. The van der Waals surface area contributed by atoms with Crippen molar-refractivity contribution in [2.75, 3.05) is 6.54 Å². The number of amides is 2. The Balaban J connectivity index is 1.45. The summed E-state index contributed by atoms with van der Waals surface area (Å²) in [5.41, 5.74) is 5.64. The van der Waals surface area contributed by atoms with Crippen LogP contribution in [-0.4, -0.2) is 17.6 Å². The van der Waals surface area contributed by atoms with E-state index in [0.717, 1.165) is 37.9 Å². The highest BCUT2D eigenvalue weighted by atomic mass is 32.1. The molecular formula is C18H23N3OS. The van der Waals surface area contributed by atoms with Gasteiger partial charge in [0.05, 0.1) is 17.2 Å². The molecule has 122 valence electrons. The fourth-order valence-electron chi connectivity index (χ4n) is 3.11. The largest absolute Gasteiger partial charge is 0.338 e. The average Bonchev–Trinajstić information content (AvgIpc) is 3.02. The maximum Gasteiger partial charge on any atom is 0.315 e. The number of aryl methyl sites for hydroxylation is 2. The summed E-state index contributed by atoms with van der Waals surface area (Å²) in [6.45, 7) is 2.69. The number of nitrogens with zero attached hydrogens (tertiary/aromatic N) is 1. The molecule has 3 rings (SSSR count). The highest BCUT2D eigenvalue weighted by molar-refractivity contribution is 7.07. The second-order valence-corrected chi connectivity index (χ2v) is 6.92. The Morgan fingerprint density at radius 2 is 2.00 bits per heavy atom. The number of aromatic nitrogens is 1. The molecule has 0 bridgehead atoms. The Kier molecular flexibility index (Phi) is 5.28. The number of carbonyl (C=O) groups excluding carboxylic acids is 1. The zero-order valence-electron chi connectivity index (χ0n) is 13.4. The molecule has 0 spiro atoms. The molecule has 1 heterocycles. The Morgan fingerprint density at radius 1 is 1.30 bits per heavy atom. The van der Waals surface area contributed by atoms with Gasteiger partial charge in [0.2, 0.25) is 0 Å². The van der Waals surface area contributed by atoms with E-state index in [1.54, 1.807) is 16.8 Å². The third kappa shape index (κ3) is 4.32. The zero-order valence-corrected chi connectivity index (χ0v) is 14.2. The first kappa shape index (κ1) is 16.0. The number of rotatable bonds is 4. The average molecular weight is 329 g/mol. The van der Waals surface area contributed by atoms with Crippen LogP contribution in [0.15, 0.2) is 35.2 Å². The topological polar surface area (TPSA) is 54.0 Å². The van der Waals surface area contributed by atoms with Crippen molar-refractivity contribution in [2.45, 2.75) is 38.6 Å². The number of carbonyl (C=O) groups is 1. The van der Waals surface area contributed by atoms with E-state index in [9.17, 15) is 4.79 Å². The monoisotopic (exact) mass is 329 g/mol. The minimum absolute atomic E-state index is 0.0559. The van der Waals surface area contributed by atoms with Gasteiger partial charge >= 0.3 is 6.03 Å². The van der Waals surface area contributed by atoms with Gasteiger partial charge in [0, 0.05) is 11.9 Å². The number of benzene rings is 1. The van der Waals surface area contributed by atoms with E-state index in [0.29, 0.717) is 5.92 Å². The predicted octanol–water partition coefficient (Wildman–Crippen LogP) is 3.70. The number of hydrogen-bond donors (Lipinski definition) is 2. The minimum Gasteiger partial charge on any atom is -0.338 e. The van der Waals surface area contributed by atoms with E-state index in [-0.39, 0.29) is 12.1 Å². The van der Waals surface area contributed by atoms with E-state index >= 15 is 0 Å². The van der Waals surface area contributed by atoms with Gasteiger partial charge in [-0.15, -0.1) is 11.3 Å². The molecule has 1 aliphatic rings.